The van der Waals surface area contributed by atoms with Gasteiger partial charge in [-0.05, 0) is 23.8 Å². The second-order valence-corrected chi connectivity index (χ2v) is 7.32. The molecule has 1 aliphatic rings. The lowest BCUT2D eigenvalue weighted by atomic mass is 10.0. The van der Waals surface area contributed by atoms with Crippen LogP contribution in [0.25, 0.3) is 0 Å². The molecule has 1 N–H and O–H groups in total. The number of methoxy groups -OCH3 is 1. The van der Waals surface area contributed by atoms with Gasteiger partial charge in [0.1, 0.15) is 23.9 Å². The van der Waals surface area contributed by atoms with Crippen molar-refractivity contribution >= 4 is 24.8 Å². The molecular weight excluding hydrogens is 435 g/mol. The Bertz CT molecular complexity index is 933. The summed E-state index contributed by atoms with van der Waals surface area (Å²) < 4.78 is 13.4. The van der Waals surface area contributed by atoms with Crippen molar-refractivity contribution in [2.75, 3.05) is 26.7 Å². The van der Waals surface area contributed by atoms with Crippen molar-refractivity contribution in [3.05, 3.63) is 77.9 Å². The molecule has 0 aliphatic carbocycles. The van der Waals surface area contributed by atoms with Crippen LogP contribution in [-0.2, 0) is 20.2 Å². The number of piperazine rings is 1. The highest BCUT2D eigenvalue weighted by atomic mass is 35.5. The number of hydrogen-bond donors (Lipinski definition) is 1. The second-order valence-electron chi connectivity index (χ2n) is 7.32. The lowest BCUT2D eigenvalue weighted by Crippen LogP contribution is -2.45. The largest absolute Gasteiger partial charge is 0.496 e. The lowest BCUT2D eigenvalue weighted by Gasteiger charge is -2.37. The Morgan fingerprint density at radius 2 is 1.87 bits per heavy atom. The Labute approximate surface area is 196 Å². The van der Waals surface area contributed by atoms with Gasteiger partial charge < -0.3 is 19.4 Å². The van der Waals surface area contributed by atoms with E-state index in [0.29, 0.717) is 12.6 Å². The molecule has 1 aromatic heterocycles. The molecule has 1 aliphatic heterocycles. The highest BCUT2D eigenvalue weighted by Gasteiger charge is 2.26. The van der Waals surface area contributed by atoms with Crippen LogP contribution >= 0.6 is 24.8 Å². The van der Waals surface area contributed by atoms with Crippen molar-refractivity contribution in [1.29, 1.82) is 0 Å². The van der Waals surface area contributed by atoms with Crippen LogP contribution in [0.5, 0.6) is 11.5 Å². The molecule has 1 atom stereocenters. The second kappa shape index (κ2) is 12.0. The van der Waals surface area contributed by atoms with E-state index in [1.807, 2.05) is 42.1 Å². The first-order chi connectivity index (χ1) is 14.2. The number of benzene rings is 2. The van der Waals surface area contributed by atoms with E-state index in [9.17, 15) is 0 Å². The Balaban J connectivity index is 0.00000171. The monoisotopic (exact) mass is 464 g/mol. The van der Waals surface area contributed by atoms with Gasteiger partial charge in [0, 0.05) is 51.2 Å². The van der Waals surface area contributed by atoms with Crippen molar-refractivity contribution in [3.8, 4) is 11.5 Å². The van der Waals surface area contributed by atoms with Crippen LogP contribution in [0.2, 0.25) is 0 Å². The summed E-state index contributed by atoms with van der Waals surface area (Å²) >= 11 is 0. The van der Waals surface area contributed by atoms with Gasteiger partial charge in [-0.3, -0.25) is 4.90 Å². The van der Waals surface area contributed by atoms with Crippen molar-refractivity contribution in [2.45, 2.75) is 19.2 Å². The van der Waals surface area contributed by atoms with Crippen LogP contribution in [0.15, 0.2) is 60.9 Å². The molecule has 3 aromatic rings. The smallest absolute Gasteiger partial charge is 0.146 e. The van der Waals surface area contributed by atoms with Crippen LogP contribution < -0.4 is 14.8 Å². The zero-order valence-electron chi connectivity index (χ0n) is 17.9. The molecule has 4 rings (SSSR count). The fourth-order valence-electron chi connectivity index (χ4n) is 3.79. The summed E-state index contributed by atoms with van der Waals surface area (Å²) in [4.78, 5) is 6.80. The predicted molar refractivity (Wildman–Crippen MR) is 127 cm³/mol. The number of ether oxygens (including phenoxy) is 2. The van der Waals surface area contributed by atoms with Gasteiger partial charge in [0.15, 0.2) is 0 Å². The number of rotatable bonds is 7. The minimum atomic E-state index is 0. The average Bonchev–Trinajstić information content (AvgIpc) is 3.18. The summed E-state index contributed by atoms with van der Waals surface area (Å²) in [5.74, 6) is 2.72. The lowest BCUT2D eigenvalue weighted by molar-refractivity contribution is 0.151. The first-order valence-electron chi connectivity index (χ1n) is 10.00. The number of nitrogens with one attached hydrogen (secondary N) is 1. The zero-order chi connectivity index (χ0) is 20.1. The zero-order valence-corrected chi connectivity index (χ0v) is 19.5. The maximum Gasteiger partial charge on any atom is 0.146 e. The third-order valence-electron chi connectivity index (χ3n) is 5.45. The van der Waals surface area contributed by atoms with Gasteiger partial charge >= 0.3 is 0 Å². The Morgan fingerprint density at radius 1 is 1.10 bits per heavy atom. The number of halogens is 2. The van der Waals surface area contributed by atoms with E-state index < -0.39 is 0 Å². The maximum absolute atomic E-state index is 5.87. The molecule has 6 nitrogen and oxygen atoms in total. The third-order valence-corrected chi connectivity index (χ3v) is 5.45. The average molecular weight is 465 g/mol. The Morgan fingerprint density at radius 3 is 2.58 bits per heavy atom. The molecule has 168 valence electrons. The minimum absolute atomic E-state index is 0. The molecule has 2 aromatic carbocycles. The fraction of sp³-hybridized carbons (Fsp3) is 0.348. The minimum Gasteiger partial charge on any atom is -0.496 e. The number of aromatic nitrogens is 2. The molecule has 0 spiro atoms. The van der Waals surface area contributed by atoms with Gasteiger partial charge in [-0.1, -0.05) is 30.3 Å². The van der Waals surface area contributed by atoms with Gasteiger partial charge in [-0.15, -0.1) is 24.8 Å². The van der Waals surface area contributed by atoms with Gasteiger partial charge in [0.25, 0.3) is 0 Å². The summed E-state index contributed by atoms with van der Waals surface area (Å²) in [6.07, 6.45) is 3.71. The fourth-order valence-corrected chi connectivity index (χ4v) is 3.79. The molecular formula is C23H30Cl2N4O2. The first kappa shape index (κ1) is 25.0. The Hall–Kier alpha value is -2.25. The number of para-hydroxylation sites is 1. The molecule has 0 amide bonds. The van der Waals surface area contributed by atoms with E-state index in [2.05, 4.69) is 39.5 Å². The van der Waals surface area contributed by atoms with E-state index in [-0.39, 0.29) is 24.8 Å². The predicted octanol–water partition coefficient (Wildman–Crippen LogP) is 4.00. The molecule has 1 fully saturated rings. The van der Waals surface area contributed by atoms with Crippen LogP contribution in [0.4, 0.5) is 0 Å². The van der Waals surface area contributed by atoms with Crippen LogP contribution in [0.3, 0.4) is 0 Å². The summed E-state index contributed by atoms with van der Waals surface area (Å²) in [7, 11) is 3.71. The van der Waals surface area contributed by atoms with E-state index in [4.69, 9.17) is 9.47 Å². The van der Waals surface area contributed by atoms with E-state index in [1.165, 1.54) is 11.1 Å². The highest BCUT2D eigenvalue weighted by molar-refractivity contribution is 5.85. The molecule has 1 saturated heterocycles. The van der Waals surface area contributed by atoms with E-state index in [0.717, 1.165) is 43.5 Å². The summed E-state index contributed by atoms with van der Waals surface area (Å²) in [5.41, 5.74) is 2.51. The molecule has 1 unspecified atom stereocenters. The standard InChI is InChI=1S/C23H28N4O2.2ClH/c1-26-13-12-25-23(26)17-29-19-9-7-18(8-10-19)16-27-14-11-24-15-21(27)20-5-3-4-6-22(20)28-2;;/h3-10,12-13,21,24H,11,14-17H2,1-2H3;2*1H. The first-order valence-corrected chi connectivity index (χ1v) is 10.00. The van der Waals surface area contributed by atoms with Gasteiger partial charge in [0.05, 0.1) is 13.2 Å². The number of aryl methyl sites for hydroxylation is 1. The molecule has 31 heavy (non-hydrogen) atoms. The molecule has 2 heterocycles. The summed E-state index contributed by atoms with van der Waals surface area (Å²) in [6.45, 7) is 4.28. The maximum atomic E-state index is 5.87. The van der Waals surface area contributed by atoms with Gasteiger partial charge in [0.2, 0.25) is 0 Å². The number of hydrogen-bond acceptors (Lipinski definition) is 5. The summed E-state index contributed by atoms with van der Waals surface area (Å²) in [5, 5.41) is 3.52. The van der Waals surface area contributed by atoms with E-state index in [1.54, 1.807) is 13.3 Å². The molecule has 8 heteroatoms. The van der Waals surface area contributed by atoms with Crippen molar-refractivity contribution in [3.63, 3.8) is 0 Å². The third kappa shape index (κ3) is 6.14. The number of imidazole rings is 1. The van der Waals surface area contributed by atoms with Crippen LogP contribution in [-0.4, -0.2) is 41.2 Å². The highest BCUT2D eigenvalue weighted by Crippen LogP contribution is 2.31. The molecule has 0 saturated carbocycles. The van der Waals surface area contributed by atoms with Crippen LogP contribution in [0.1, 0.15) is 23.0 Å². The van der Waals surface area contributed by atoms with Gasteiger partial charge in [-0.2, -0.15) is 0 Å². The summed E-state index contributed by atoms with van der Waals surface area (Å²) in [6, 6.07) is 17.0. The van der Waals surface area contributed by atoms with E-state index >= 15 is 0 Å². The van der Waals surface area contributed by atoms with Crippen molar-refractivity contribution in [1.82, 2.24) is 19.8 Å². The van der Waals surface area contributed by atoms with Crippen LogP contribution in [0, 0.1) is 0 Å². The van der Waals surface area contributed by atoms with Crippen molar-refractivity contribution in [2.24, 2.45) is 7.05 Å². The molecule has 0 bridgehead atoms. The van der Waals surface area contributed by atoms with Gasteiger partial charge in [-0.25, -0.2) is 4.98 Å². The van der Waals surface area contributed by atoms with Crippen molar-refractivity contribution < 1.29 is 9.47 Å². The number of nitrogens with zero attached hydrogens (tertiary/aromatic N) is 3. The Kier molecular flexibility index (Phi) is 9.65. The topological polar surface area (TPSA) is 51.6 Å². The quantitative estimate of drug-likeness (QED) is 0.572. The SMILES string of the molecule is COc1ccccc1C1CNCCN1Cc1ccc(OCc2nccn2C)cc1.Cl.Cl. The normalized spacial score (nSPS) is 16.1. The molecule has 0 radical (unpaired) electrons.